The number of hydrogen-bond acceptors (Lipinski definition) is 4. The van der Waals surface area contributed by atoms with Crippen LogP contribution in [0.25, 0.3) is 0 Å². The quantitative estimate of drug-likeness (QED) is 0.757. The van der Waals surface area contributed by atoms with Gasteiger partial charge in [0.05, 0.1) is 23.9 Å². The molecule has 1 unspecified atom stereocenters. The molecule has 4 N–H and O–H groups in total. The molecule has 0 aliphatic carbocycles. The molecule has 0 radical (unpaired) electrons. The van der Waals surface area contributed by atoms with E-state index in [1.54, 1.807) is 18.2 Å². The molecule has 98 valence electrons. The molecule has 0 bridgehead atoms. The smallest absolute Gasteiger partial charge is 0.248 e. The largest absolute Gasteiger partial charge is 0.382 e. The molecule has 1 fully saturated rings. The molecule has 1 aliphatic heterocycles. The van der Waals surface area contributed by atoms with Crippen molar-refractivity contribution in [2.75, 3.05) is 31.6 Å². The molecule has 1 heterocycles. The highest BCUT2D eigenvalue weighted by Crippen LogP contribution is 2.22. The number of amides is 1. The van der Waals surface area contributed by atoms with Crippen molar-refractivity contribution in [3.63, 3.8) is 0 Å². The number of nitrogens with two attached hydrogens (primary N) is 1. The first kappa shape index (κ1) is 13.1. The SMILES string of the molecule is NC(=O)c1ccc(NCC2COCCN2)c(Cl)c1. The van der Waals surface area contributed by atoms with Gasteiger partial charge in [0, 0.05) is 24.7 Å². The van der Waals surface area contributed by atoms with Gasteiger partial charge in [0.15, 0.2) is 0 Å². The molecular formula is C12H16ClN3O2. The van der Waals surface area contributed by atoms with E-state index in [1.807, 2.05) is 0 Å². The van der Waals surface area contributed by atoms with Crippen molar-refractivity contribution < 1.29 is 9.53 Å². The molecule has 1 aliphatic rings. The van der Waals surface area contributed by atoms with E-state index in [9.17, 15) is 4.79 Å². The van der Waals surface area contributed by atoms with Crippen molar-refractivity contribution in [2.45, 2.75) is 6.04 Å². The standard InChI is InChI=1S/C12H16ClN3O2/c13-10-5-8(12(14)17)1-2-11(10)16-6-9-7-18-4-3-15-9/h1-2,5,9,15-16H,3-4,6-7H2,(H2,14,17). The van der Waals surface area contributed by atoms with E-state index in [2.05, 4.69) is 10.6 Å². The molecule has 5 nitrogen and oxygen atoms in total. The fourth-order valence-electron chi connectivity index (χ4n) is 1.80. The molecule has 1 saturated heterocycles. The highest BCUT2D eigenvalue weighted by atomic mass is 35.5. The summed E-state index contributed by atoms with van der Waals surface area (Å²) in [5, 5.41) is 7.04. The maximum Gasteiger partial charge on any atom is 0.248 e. The van der Waals surface area contributed by atoms with Crippen LogP contribution in [0.5, 0.6) is 0 Å². The van der Waals surface area contributed by atoms with Gasteiger partial charge in [0.25, 0.3) is 0 Å². The summed E-state index contributed by atoms with van der Waals surface area (Å²) in [5.74, 6) is -0.481. The van der Waals surface area contributed by atoms with Crippen molar-refractivity contribution in [3.8, 4) is 0 Å². The van der Waals surface area contributed by atoms with E-state index in [-0.39, 0.29) is 6.04 Å². The Morgan fingerprint density at radius 2 is 2.44 bits per heavy atom. The average molecular weight is 270 g/mol. The Morgan fingerprint density at radius 3 is 3.06 bits per heavy atom. The second kappa shape index (κ2) is 6.04. The molecule has 1 aromatic rings. The van der Waals surface area contributed by atoms with Crippen LogP contribution >= 0.6 is 11.6 Å². The molecule has 1 amide bonds. The zero-order chi connectivity index (χ0) is 13.0. The highest BCUT2D eigenvalue weighted by Gasteiger charge is 2.13. The number of primary amides is 1. The zero-order valence-corrected chi connectivity index (χ0v) is 10.7. The molecule has 1 atom stereocenters. The van der Waals surface area contributed by atoms with E-state index in [4.69, 9.17) is 22.1 Å². The minimum atomic E-state index is -0.481. The van der Waals surface area contributed by atoms with Crippen LogP contribution in [0.15, 0.2) is 18.2 Å². The van der Waals surface area contributed by atoms with Crippen LogP contribution < -0.4 is 16.4 Å². The van der Waals surface area contributed by atoms with Gasteiger partial charge in [-0.25, -0.2) is 0 Å². The lowest BCUT2D eigenvalue weighted by Crippen LogP contribution is -2.45. The van der Waals surface area contributed by atoms with E-state index in [0.29, 0.717) is 17.2 Å². The number of halogens is 1. The monoisotopic (exact) mass is 269 g/mol. The molecule has 0 aromatic heterocycles. The summed E-state index contributed by atoms with van der Waals surface area (Å²) in [7, 11) is 0. The van der Waals surface area contributed by atoms with Crippen LogP contribution in [0.3, 0.4) is 0 Å². The molecule has 0 saturated carbocycles. The van der Waals surface area contributed by atoms with Crippen molar-refractivity contribution in [3.05, 3.63) is 28.8 Å². The summed E-state index contributed by atoms with van der Waals surface area (Å²) in [6, 6.07) is 5.25. The number of hydrogen-bond donors (Lipinski definition) is 3. The lowest BCUT2D eigenvalue weighted by atomic mass is 10.2. The van der Waals surface area contributed by atoms with E-state index < -0.39 is 5.91 Å². The lowest BCUT2D eigenvalue weighted by Gasteiger charge is -2.24. The summed E-state index contributed by atoms with van der Waals surface area (Å²) in [6.07, 6.45) is 0. The Morgan fingerprint density at radius 1 is 1.61 bits per heavy atom. The van der Waals surface area contributed by atoms with Crippen LogP contribution in [-0.2, 0) is 4.74 Å². The third-order valence-corrected chi connectivity index (χ3v) is 3.10. The number of nitrogens with one attached hydrogen (secondary N) is 2. The van der Waals surface area contributed by atoms with E-state index in [1.165, 1.54) is 0 Å². The van der Waals surface area contributed by atoms with Crippen LogP contribution in [0.1, 0.15) is 10.4 Å². The first-order valence-electron chi connectivity index (χ1n) is 5.81. The van der Waals surface area contributed by atoms with Crippen molar-refractivity contribution in [1.82, 2.24) is 5.32 Å². The van der Waals surface area contributed by atoms with E-state index >= 15 is 0 Å². The summed E-state index contributed by atoms with van der Waals surface area (Å²) in [6.45, 7) is 3.02. The first-order chi connectivity index (χ1) is 8.66. The van der Waals surface area contributed by atoms with Crippen LogP contribution in [-0.4, -0.2) is 38.3 Å². The second-order valence-corrected chi connectivity index (χ2v) is 4.57. The number of ether oxygens (including phenoxy) is 1. The summed E-state index contributed by atoms with van der Waals surface area (Å²) in [4.78, 5) is 11.0. The molecule has 6 heteroatoms. The van der Waals surface area contributed by atoms with Gasteiger partial charge in [-0.2, -0.15) is 0 Å². The van der Waals surface area contributed by atoms with Gasteiger partial charge in [-0.1, -0.05) is 11.6 Å². The Labute approximate surface area is 111 Å². The molecule has 1 aromatic carbocycles. The summed E-state index contributed by atoms with van der Waals surface area (Å²) < 4.78 is 5.35. The predicted molar refractivity (Wildman–Crippen MR) is 71.1 cm³/mol. The van der Waals surface area contributed by atoms with Gasteiger partial charge in [0.1, 0.15) is 0 Å². The second-order valence-electron chi connectivity index (χ2n) is 4.17. The van der Waals surface area contributed by atoms with Crippen LogP contribution in [0.2, 0.25) is 5.02 Å². The van der Waals surface area contributed by atoms with Gasteiger partial charge in [-0.15, -0.1) is 0 Å². The topological polar surface area (TPSA) is 76.4 Å². The minimum Gasteiger partial charge on any atom is -0.382 e. The van der Waals surface area contributed by atoms with Gasteiger partial charge in [-0.05, 0) is 18.2 Å². The van der Waals surface area contributed by atoms with Gasteiger partial charge < -0.3 is 21.1 Å². The summed E-state index contributed by atoms with van der Waals surface area (Å²) >= 11 is 6.07. The summed E-state index contributed by atoms with van der Waals surface area (Å²) in [5.41, 5.74) is 6.37. The average Bonchev–Trinajstić information content (AvgIpc) is 2.38. The molecule has 0 spiro atoms. The highest BCUT2D eigenvalue weighted by molar-refractivity contribution is 6.33. The van der Waals surface area contributed by atoms with Gasteiger partial charge >= 0.3 is 0 Å². The first-order valence-corrected chi connectivity index (χ1v) is 6.19. The Kier molecular flexibility index (Phi) is 4.41. The third kappa shape index (κ3) is 3.35. The Hall–Kier alpha value is -1.30. The molecular weight excluding hydrogens is 254 g/mol. The Bertz CT molecular complexity index is 433. The van der Waals surface area contributed by atoms with Gasteiger partial charge in [-0.3, -0.25) is 4.79 Å². The lowest BCUT2D eigenvalue weighted by molar-refractivity contribution is 0.0806. The number of anilines is 1. The van der Waals surface area contributed by atoms with Crippen molar-refractivity contribution in [1.29, 1.82) is 0 Å². The number of morpholine rings is 1. The minimum absolute atomic E-state index is 0.269. The number of rotatable bonds is 4. The maximum atomic E-state index is 11.0. The molecule has 2 rings (SSSR count). The van der Waals surface area contributed by atoms with Crippen LogP contribution in [0, 0.1) is 0 Å². The zero-order valence-electron chi connectivity index (χ0n) is 9.91. The van der Waals surface area contributed by atoms with E-state index in [0.717, 1.165) is 25.4 Å². The number of benzene rings is 1. The van der Waals surface area contributed by atoms with Crippen molar-refractivity contribution in [2.24, 2.45) is 5.73 Å². The fourth-order valence-corrected chi connectivity index (χ4v) is 2.04. The normalized spacial score (nSPS) is 19.5. The van der Waals surface area contributed by atoms with Gasteiger partial charge in [0.2, 0.25) is 5.91 Å². The Balaban J connectivity index is 1.94. The molecule has 18 heavy (non-hydrogen) atoms. The number of carbonyl (C=O) groups excluding carboxylic acids is 1. The predicted octanol–water partition coefficient (Wildman–Crippen LogP) is 0.839. The van der Waals surface area contributed by atoms with Crippen molar-refractivity contribution >= 4 is 23.2 Å². The number of carbonyl (C=O) groups is 1. The van der Waals surface area contributed by atoms with Crippen LogP contribution in [0.4, 0.5) is 5.69 Å². The maximum absolute atomic E-state index is 11.0. The fraction of sp³-hybridized carbons (Fsp3) is 0.417. The third-order valence-electron chi connectivity index (χ3n) is 2.79.